The van der Waals surface area contributed by atoms with E-state index < -0.39 is 0 Å². The third-order valence-electron chi connectivity index (χ3n) is 2.36. The lowest BCUT2D eigenvalue weighted by atomic mass is 10.2. The molecule has 0 aliphatic rings. The Morgan fingerprint density at radius 1 is 1.62 bits per heavy atom. The maximum atomic E-state index is 5.31. The minimum Gasteiger partial charge on any atom is -0.468 e. The lowest BCUT2D eigenvalue weighted by molar-refractivity contribution is 0.419. The molecule has 0 saturated heterocycles. The second-order valence-corrected chi connectivity index (χ2v) is 4.53. The molecule has 1 unspecified atom stereocenters. The first kappa shape index (κ1) is 11.4. The molecule has 86 valence electrons. The highest BCUT2D eigenvalue weighted by atomic mass is 79.9. The first-order valence-electron chi connectivity index (χ1n) is 5.20. The predicted molar refractivity (Wildman–Crippen MR) is 65.1 cm³/mol. The summed E-state index contributed by atoms with van der Waals surface area (Å²) in [5, 5.41) is 7.55. The largest absolute Gasteiger partial charge is 0.468 e. The molecule has 2 heterocycles. The van der Waals surface area contributed by atoms with Gasteiger partial charge in [0, 0.05) is 12.7 Å². The Bertz CT molecular complexity index is 424. The Kier molecular flexibility index (Phi) is 3.79. The van der Waals surface area contributed by atoms with Gasteiger partial charge in [-0.2, -0.15) is 5.10 Å². The van der Waals surface area contributed by atoms with Gasteiger partial charge in [0.05, 0.1) is 29.5 Å². The van der Waals surface area contributed by atoms with Crippen LogP contribution in [0.3, 0.4) is 0 Å². The van der Waals surface area contributed by atoms with Gasteiger partial charge in [0.15, 0.2) is 0 Å². The van der Waals surface area contributed by atoms with Crippen LogP contribution in [0.4, 0.5) is 0 Å². The highest BCUT2D eigenvalue weighted by Gasteiger charge is 2.06. The third-order valence-corrected chi connectivity index (χ3v) is 2.77. The number of nitrogens with zero attached hydrogens (tertiary/aromatic N) is 2. The summed E-state index contributed by atoms with van der Waals surface area (Å²) in [5.41, 5.74) is 0. The van der Waals surface area contributed by atoms with E-state index >= 15 is 0 Å². The molecule has 0 saturated carbocycles. The van der Waals surface area contributed by atoms with E-state index in [1.165, 1.54) is 0 Å². The summed E-state index contributed by atoms with van der Waals surface area (Å²) >= 11 is 3.37. The summed E-state index contributed by atoms with van der Waals surface area (Å²) < 4.78 is 8.21. The summed E-state index contributed by atoms with van der Waals surface area (Å²) in [6, 6.07) is 4.11. The van der Waals surface area contributed by atoms with Crippen LogP contribution in [-0.4, -0.2) is 16.3 Å². The third kappa shape index (κ3) is 2.96. The zero-order chi connectivity index (χ0) is 11.4. The molecule has 0 amide bonds. The van der Waals surface area contributed by atoms with Crippen LogP contribution in [0.2, 0.25) is 0 Å². The lowest BCUT2D eigenvalue weighted by Gasteiger charge is -2.10. The molecule has 0 aromatic carbocycles. The van der Waals surface area contributed by atoms with Crippen LogP contribution in [0.15, 0.2) is 39.7 Å². The van der Waals surface area contributed by atoms with Crippen molar-refractivity contribution < 1.29 is 4.42 Å². The van der Waals surface area contributed by atoms with Crippen molar-refractivity contribution in [2.45, 2.75) is 19.5 Å². The van der Waals surface area contributed by atoms with E-state index in [0.29, 0.717) is 0 Å². The lowest BCUT2D eigenvalue weighted by Crippen LogP contribution is -2.23. The summed E-state index contributed by atoms with van der Waals surface area (Å²) in [7, 11) is 0. The monoisotopic (exact) mass is 283 g/mol. The number of halogens is 1. The fourth-order valence-corrected chi connectivity index (χ4v) is 1.82. The molecule has 0 fully saturated rings. The van der Waals surface area contributed by atoms with Crippen molar-refractivity contribution in [3.63, 3.8) is 0 Å². The van der Waals surface area contributed by atoms with E-state index in [4.69, 9.17) is 4.42 Å². The van der Waals surface area contributed by atoms with Crippen LogP contribution in [0, 0.1) is 0 Å². The van der Waals surface area contributed by atoms with Gasteiger partial charge < -0.3 is 9.73 Å². The van der Waals surface area contributed by atoms with Crippen LogP contribution in [0.5, 0.6) is 0 Å². The maximum absolute atomic E-state index is 5.31. The van der Waals surface area contributed by atoms with Crippen LogP contribution in [0.25, 0.3) is 0 Å². The minimum absolute atomic E-state index is 0.231. The van der Waals surface area contributed by atoms with Crippen LogP contribution < -0.4 is 5.32 Å². The van der Waals surface area contributed by atoms with Crippen molar-refractivity contribution >= 4 is 15.9 Å². The van der Waals surface area contributed by atoms with Crippen LogP contribution in [0.1, 0.15) is 18.7 Å². The molecule has 0 spiro atoms. The number of nitrogens with one attached hydrogen (secondary N) is 1. The molecule has 1 N–H and O–H groups in total. The number of rotatable bonds is 5. The molecule has 5 heteroatoms. The number of hydrogen-bond acceptors (Lipinski definition) is 3. The van der Waals surface area contributed by atoms with E-state index in [-0.39, 0.29) is 6.04 Å². The smallest absolute Gasteiger partial charge is 0.120 e. The van der Waals surface area contributed by atoms with Crippen molar-refractivity contribution in [2.75, 3.05) is 6.54 Å². The Labute approximate surface area is 103 Å². The zero-order valence-electron chi connectivity index (χ0n) is 9.06. The topological polar surface area (TPSA) is 43.0 Å². The van der Waals surface area contributed by atoms with Gasteiger partial charge in [0.1, 0.15) is 5.76 Å². The molecule has 0 bridgehead atoms. The van der Waals surface area contributed by atoms with E-state index in [0.717, 1.165) is 23.3 Å². The minimum atomic E-state index is 0.231. The Morgan fingerprint density at radius 3 is 3.12 bits per heavy atom. The number of furan rings is 1. The van der Waals surface area contributed by atoms with Gasteiger partial charge in [-0.15, -0.1) is 0 Å². The quantitative estimate of drug-likeness (QED) is 0.917. The van der Waals surface area contributed by atoms with Crippen molar-refractivity contribution in [3.05, 3.63) is 41.0 Å². The van der Waals surface area contributed by atoms with E-state index in [2.05, 4.69) is 33.3 Å². The summed E-state index contributed by atoms with van der Waals surface area (Å²) in [6.45, 7) is 3.78. The van der Waals surface area contributed by atoms with Gasteiger partial charge in [-0.1, -0.05) is 0 Å². The SMILES string of the molecule is CC(NCCn1cc(Br)cn1)c1ccco1. The van der Waals surface area contributed by atoms with Gasteiger partial charge >= 0.3 is 0 Å². The molecule has 2 aromatic heterocycles. The van der Waals surface area contributed by atoms with E-state index in [1.807, 2.05) is 23.0 Å². The molecule has 4 nitrogen and oxygen atoms in total. The highest BCUT2D eigenvalue weighted by molar-refractivity contribution is 9.10. The maximum Gasteiger partial charge on any atom is 0.120 e. The van der Waals surface area contributed by atoms with Crippen molar-refractivity contribution in [3.8, 4) is 0 Å². The first-order valence-corrected chi connectivity index (χ1v) is 6.00. The van der Waals surface area contributed by atoms with E-state index in [1.54, 1.807) is 12.5 Å². The van der Waals surface area contributed by atoms with Crippen molar-refractivity contribution in [1.82, 2.24) is 15.1 Å². The molecule has 2 rings (SSSR count). The van der Waals surface area contributed by atoms with Gasteiger partial charge in [0.2, 0.25) is 0 Å². The molecule has 1 atom stereocenters. The fraction of sp³-hybridized carbons (Fsp3) is 0.364. The van der Waals surface area contributed by atoms with Crippen molar-refractivity contribution in [1.29, 1.82) is 0 Å². The van der Waals surface area contributed by atoms with Crippen molar-refractivity contribution in [2.24, 2.45) is 0 Å². The number of hydrogen-bond donors (Lipinski definition) is 1. The Balaban J connectivity index is 1.76. The highest BCUT2D eigenvalue weighted by Crippen LogP contribution is 2.11. The molecular formula is C11H14BrN3O. The summed E-state index contributed by atoms with van der Waals surface area (Å²) in [6.07, 6.45) is 5.44. The first-order chi connectivity index (χ1) is 7.75. The second kappa shape index (κ2) is 5.32. The van der Waals surface area contributed by atoms with E-state index in [9.17, 15) is 0 Å². The fourth-order valence-electron chi connectivity index (χ4n) is 1.49. The molecule has 2 aromatic rings. The van der Waals surface area contributed by atoms with Crippen LogP contribution >= 0.6 is 15.9 Å². The predicted octanol–water partition coefficient (Wildman–Crippen LogP) is 2.59. The molecule has 16 heavy (non-hydrogen) atoms. The van der Waals surface area contributed by atoms with Gasteiger partial charge in [-0.3, -0.25) is 4.68 Å². The molecule has 0 radical (unpaired) electrons. The molecule has 0 aliphatic carbocycles. The van der Waals surface area contributed by atoms with Gasteiger partial charge in [-0.05, 0) is 35.0 Å². The zero-order valence-corrected chi connectivity index (χ0v) is 10.6. The second-order valence-electron chi connectivity index (χ2n) is 3.61. The van der Waals surface area contributed by atoms with Gasteiger partial charge in [0.25, 0.3) is 0 Å². The number of aromatic nitrogens is 2. The molecular weight excluding hydrogens is 270 g/mol. The summed E-state index contributed by atoms with van der Waals surface area (Å²) in [4.78, 5) is 0. The van der Waals surface area contributed by atoms with Crippen LogP contribution in [-0.2, 0) is 6.54 Å². The van der Waals surface area contributed by atoms with Gasteiger partial charge in [-0.25, -0.2) is 0 Å². The normalized spacial score (nSPS) is 12.9. The Hall–Kier alpha value is -1.07. The standard InChI is InChI=1S/C11H14BrN3O/c1-9(11-3-2-6-16-11)13-4-5-15-8-10(12)7-14-15/h2-3,6-9,13H,4-5H2,1H3. The average Bonchev–Trinajstić information content (AvgIpc) is 2.89. The Morgan fingerprint density at radius 2 is 2.50 bits per heavy atom. The molecule has 0 aliphatic heterocycles. The summed E-state index contributed by atoms with van der Waals surface area (Å²) in [5.74, 6) is 0.960. The average molecular weight is 284 g/mol.